The van der Waals surface area contributed by atoms with Crippen molar-refractivity contribution in [3.05, 3.63) is 0 Å². The van der Waals surface area contributed by atoms with E-state index >= 15 is 0 Å². The molecule has 2 aliphatic rings. The fraction of sp³-hybridized carbons (Fsp3) is 1.00. The van der Waals surface area contributed by atoms with Crippen LogP contribution in [-0.4, -0.2) is 11.1 Å². The van der Waals surface area contributed by atoms with Crippen molar-refractivity contribution in [2.45, 2.75) is 109 Å². The smallest absolute Gasteiger partial charge is 0.0187 e. The van der Waals surface area contributed by atoms with Crippen LogP contribution in [0.2, 0.25) is 0 Å². The Morgan fingerprint density at radius 3 is 1.74 bits per heavy atom. The van der Waals surface area contributed by atoms with Gasteiger partial charge in [0.15, 0.2) is 0 Å². The van der Waals surface area contributed by atoms with Crippen molar-refractivity contribution in [3.8, 4) is 0 Å². The topological polar surface area (TPSA) is 12.0 Å². The summed E-state index contributed by atoms with van der Waals surface area (Å²) in [7, 11) is 0. The Labute approximate surface area is 120 Å². The van der Waals surface area contributed by atoms with E-state index in [0.717, 1.165) is 5.92 Å². The van der Waals surface area contributed by atoms with Crippen LogP contribution < -0.4 is 5.32 Å². The van der Waals surface area contributed by atoms with Gasteiger partial charge in [-0.1, -0.05) is 46.5 Å². The van der Waals surface area contributed by atoms with Gasteiger partial charge in [0.2, 0.25) is 0 Å². The van der Waals surface area contributed by atoms with Gasteiger partial charge in [-0.15, -0.1) is 0 Å². The lowest BCUT2D eigenvalue weighted by molar-refractivity contribution is 0.181. The average molecular weight is 265 g/mol. The fourth-order valence-electron chi connectivity index (χ4n) is 4.93. The lowest BCUT2D eigenvalue weighted by Gasteiger charge is -2.40. The highest BCUT2D eigenvalue weighted by atomic mass is 15.1. The fourth-order valence-corrected chi connectivity index (χ4v) is 4.93. The molecule has 2 unspecified atom stereocenters. The Kier molecular flexibility index (Phi) is 5.34. The largest absolute Gasteiger partial charge is 0.306 e. The molecule has 2 fully saturated rings. The second-order valence-corrected chi connectivity index (χ2v) is 7.42. The monoisotopic (exact) mass is 265 g/mol. The van der Waals surface area contributed by atoms with Crippen molar-refractivity contribution < 1.29 is 0 Å². The maximum Gasteiger partial charge on any atom is 0.0187 e. The molecule has 0 saturated carbocycles. The zero-order valence-electron chi connectivity index (χ0n) is 13.6. The minimum Gasteiger partial charge on any atom is -0.306 e. The van der Waals surface area contributed by atoms with Crippen molar-refractivity contribution >= 4 is 0 Å². The van der Waals surface area contributed by atoms with Gasteiger partial charge in [-0.2, -0.15) is 0 Å². The molecule has 112 valence electrons. The molecule has 0 aromatic heterocycles. The number of hydrogen-bond donors (Lipinski definition) is 1. The van der Waals surface area contributed by atoms with E-state index in [-0.39, 0.29) is 0 Å². The highest BCUT2D eigenvalue weighted by molar-refractivity contribution is 5.07. The standard InChI is InChI=1S/C18H35N/c1-4-7-16-8-12-17(10-5-2)14-15-18(19-17,11-6-3)13-9-16/h16,19H,4-15H2,1-3H3. The molecule has 0 spiro atoms. The van der Waals surface area contributed by atoms with Crippen LogP contribution in [0.4, 0.5) is 0 Å². The van der Waals surface area contributed by atoms with Gasteiger partial charge in [-0.05, 0) is 57.3 Å². The SMILES string of the molecule is CCCC1CCC2(CCC)CCC(CCC)(CC1)N2. The summed E-state index contributed by atoms with van der Waals surface area (Å²) in [6.07, 6.45) is 17.0. The van der Waals surface area contributed by atoms with E-state index in [1.807, 2.05) is 0 Å². The van der Waals surface area contributed by atoms with E-state index in [4.69, 9.17) is 0 Å². The minimum absolute atomic E-state index is 0.510. The first-order valence-corrected chi connectivity index (χ1v) is 8.97. The van der Waals surface area contributed by atoms with Crippen molar-refractivity contribution in [2.24, 2.45) is 5.92 Å². The summed E-state index contributed by atoms with van der Waals surface area (Å²) in [4.78, 5) is 0. The summed E-state index contributed by atoms with van der Waals surface area (Å²) < 4.78 is 0. The van der Waals surface area contributed by atoms with Crippen LogP contribution in [0.1, 0.15) is 97.8 Å². The number of hydrogen-bond acceptors (Lipinski definition) is 1. The molecule has 0 aromatic carbocycles. The van der Waals surface area contributed by atoms with Gasteiger partial charge < -0.3 is 5.32 Å². The first-order valence-electron chi connectivity index (χ1n) is 8.97. The molecule has 0 aromatic rings. The highest BCUT2D eigenvalue weighted by Crippen LogP contribution is 2.45. The molecule has 19 heavy (non-hydrogen) atoms. The van der Waals surface area contributed by atoms with Crippen molar-refractivity contribution in [1.82, 2.24) is 5.32 Å². The Balaban J connectivity index is 2.10. The lowest BCUT2D eigenvalue weighted by Crippen LogP contribution is -2.52. The van der Waals surface area contributed by atoms with E-state index < -0.39 is 0 Å². The Hall–Kier alpha value is -0.0400. The molecule has 2 aliphatic heterocycles. The molecule has 2 rings (SSSR count). The Bertz CT molecular complexity index is 251. The predicted molar refractivity (Wildman–Crippen MR) is 84.5 cm³/mol. The van der Waals surface area contributed by atoms with E-state index in [9.17, 15) is 0 Å². The average Bonchev–Trinajstić information content (AvgIpc) is 2.75. The zero-order chi connectivity index (χ0) is 13.8. The van der Waals surface area contributed by atoms with Crippen LogP contribution in [0, 0.1) is 5.92 Å². The van der Waals surface area contributed by atoms with Gasteiger partial charge in [0.1, 0.15) is 0 Å². The van der Waals surface area contributed by atoms with E-state index in [1.165, 1.54) is 77.0 Å². The molecule has 0 aliphatic carbocycles. The molecule has 2 bridgehead atoms. The lowest BCUT2D eigenvalue weighted by atomic mass is 9.79. The van der Waals surface area contributed by atoms with E-state index in [2.05, 4.69) is 26.1 Å². The van der Waals surface area contributed by atoms with Gasteiger partial charge in [-0.25, -0.2) is 0 Å². The van der Waals surface area contributed by atoms with Crippen molar-refractivity contribution in [1.29, 1.82) is 0 Å². The van der Waals surface area contributed by atoms with Gasteiger partial charge in [0, 0.05) is 11.1 Å². The van der Waals surface area contributed by atoms with Gasteiger partial charge >= 0.3 is 0 Å². The molecular weight excluding hydrogens is 230 g/mol. The first-order chi connectivity index (χ1) is 9.17. The summed E-state index contributed by atoms with van der Waals surface area (Å²) in [6.45, 7) is 7.08. The molecule has 1 N–H and O–H groups in total. The van der Waals surface area contributed by atoms with E-state index in [1.54, 1.807) is 0 Å². The van der Waals surface area contributed by atoms with Crippen molar-refractivity contribution in [3.63, 3.8) is 0 Å². The van der Waals surface area contributed by atoms with Crippen LogP contribution >= 0.6 is 0 Å². The molecule has 0 amide bonds. The normalized spacial score (nSPS) is 39.0. The highest BCUT2D eigenvalue weighted by Gasteiger charge is 2.47. The zero-order valence-corrected chi connectivity index (χ0v) is 13.6. The summed E-state index contributed by atoms with van der Waals surface area (Å²) in [5, 5.41) is 4.18. The third-order valence-electron chi connectivity index (χ3n) is 5.83. The molecule has 2 saturated heterocycles. The summed E-state index contributed by atoms with van der Waals surface area (Å²) in [5.74, 6) is 1.01. The van der Waals surface area contributed by atoms with Gasteiger partial charge in [0.05, 0.1) is 0 Å². The van der Waals surface area contributed by atoms with Crippen LogP contribution in [-0.2, 0) is 0 Å². The van der Waals surface area contributed by atoms with Crippen LogP contribution in [0.5, 0.6) is 0 Å². The second-order valence-electron chi connectivity index (χ2n) is 7.42. The second kappa shape index (κ2) is 6.61. The minimum atomic E-state index is 0.510. The van der Waals surface area contributed by atoms with Crippen LogP contribution in [0.15, 0.2) is 0 Å². The summed E-state index contributed by atoms with van der Waals surface area (Å²) >= 11 is 0. The molecule has 2 heterocycles. The first kappa shape index (κ1) is 15.4. The third-order valence-corrected chi connectivity index (χ3v) is 5.83. The molecule has 1 nitrogen and oxygen atoms in total. The van der Waals surface area contributed by atoms with Gasteiger partial charge in [0.25, 0.3) is 0 Å². The number of rotatable bonds is 6. The predicted octanol–water partition coefficient (Wildman–Crippen LogP) is 5.44. The maximum absolute atomic E-state index is 4.18. The number of fused-ring (bicyclic) bond motifs is 2. The van der Waals surface area contributed by atoms with Gasteiger partial charge in [-0.3, -0.25) is 0 Å². The quantitative estimate of drug-likeness (QED) is 0.674. The summed E-state index contributed by atoms with van der Waals surface area (Å²) in [6, 6.07) is 0. The molecular formula is C18H35N. The Morgan fingerprint density at radius 1 is 0.789 bits per heavy atom. The molecule has 1 heteroatoms. The summed E-state index contributed by atoms with van der Waals surface area (Å²) in [5.41, 5.74) is 1.02. The van der Waals surface area contributed by atoms with Crippen LogP contribution in [0.25, 0.3) is 0 Å². The maximum atomic E-state index is 4.18. The van der Waals surface area contributed by atoms with Crippen molar-refractivity contribution in [2.75, 3.05) is 0 Å². The van der Waals surface area contributed by atoms with Crippen LogP contribution in [0.3, 0.4) is 0 Å². The number of nitrogens with one attached hydrogen (secondary N) is 1. The third kappa shape index (κ3) is 3.54. The molecule has 0 radical (unpaired) electrons. The van der Waals surface area contributed by atoms with E-state index in [0.29, 0.717) is 11.1 Å². The Morgan fingerprint density at radius 2 is 1.32 bits per heavy atom. The molecule has 2 atom stereocenters.